The topological polar surface area (TPSA) is 87.7 Å². The van der Waals surface area contributed by atoms with E-state index >= 15 is 0 Å². The predicted octanol–water partition coefficient (Wildman–Crippen LogP) is -0.630. The summed E-state index contributed by atoms with van der Waals surface area (Å²) in [4.78, 5) is 26.7. The second-order valence-electron chi connectivity index (χ2n) is 3.21. The lowest BCUT2D eigenvalue weighted by molar-refractivity contribution is -0.150. The maximum atomic E-state index is 12.6. The van der Waals surface area contributed by atoms with E-state index in [0.717, 1.165) is 0 Å². The van der Waals surface area contributed by atoms with E-state index < -0.39 is 29.4 Å². The fourth-order valence-corrected chi connectivity index (χ4v) is 1.45. The summed E-state index contributed by atoms with van der Waals surface area (Å²) < 4.78 is 12.6. The van der Waals surface area contributed by atoms with Crippen LogP contribution in [0.25, 0.3) is 0 Å². The van der Waals surface area contributed by atoms with Gasteiger partial charge in [-0.25, -0.2) is 5.48 Å². The Bertz CT molecular complexity index is 272. The molecule has 0 spiro atoms. The maximum Gasteiger partial charge on any atom is 0.308 e. The second kappa shape index (κ2) is 3.50. The lowest BCUT2D eigenvalue weighted by atomic mass is 9.81. The van der Waals surface area contributed by atoms with Crippen molar-refractivity contribution in [1.29, 1.82) is 0 Å². The Morgan fingerprint density at radius 2 is 2.43 bits per heavy atom. The van der Waals surface area contributed by atoms with Crippen LogP contribution in [0.15, 0.2) is 0 Å². The molecule has 0 aromatic rings. The molecule has 7 heteroatoms. The molecule has 80 valence electrons. The van der Waals surface area contributed by atoms with Crippen LogP contribution in [0.1, 0.15) is 13.8 Å². The van der Waals surface area contributed by atoms with E-state index in [0.29, 0.717) is 0 Å². The summed E-state index contributed by atoms with van der Waals surface area (Å²) in [6, 6.07) is 0. The van der Waals surface area contributed by atoms with Crippen molar-refractivity contribution in [3.05, 3.63) is 0 Å². The van der Waals surface area contributed by atoms with Crippen molar-refractivity contribution in [2.24, 2.45) is 5.92 Å². The highest BCUT2D eigenvalue weighted by atomic mass is 19.2. The van der Waals surface area contributed by atoms with Gasteiger partial charge in [0.05, 0.1) is 5.92 Å². The number of halogens is 1. The van der Waals surface area contributed by atoms with Crippen molar-refractivity contribution in [3.8, 4) is 0 Å². The Hall–Kier alpha value is -1.21. The van der Waals surface area contributed by atoms with Crippen LogP contribution in [0.5, 0.6) is 0 Å². The minimum absolute atomic E-state index is 0.817. The molecule has 1 saturated heterocycles. The number of amides is 1. The average molecular weight is 206 g/mol. The van der Waals surface area contributed by atoms with Crippen LogP contribution in [-0.4, -0.2) is 28.6 Å². The van der Waals surface area contributed by atoms with Crippen LogP contribution in [0.2, 0.25) is 0 Å². The SMILES string of the molecule is CC1ONC(=O)C1(NF)C(C)C(=O)O. The quantitative estimate of drug-likeness (QED) is 0.535. The number of hydroxylamine groups is 1. The number of carbonyl (C=O) groups excluding carboxylic acids is 1. The molecule has 0 aliphatic carbocycles. The van der Waals surface area contributed by atoms with E-state index in [1.165, 1.54) is 19.4 Å². The van der Waals surface area contributed by atoms with Crippen molar-refractivity contribution in [2.45, 2.75) is 25.5 Å². The Morgan fingerprint density at radius 1 is 1.86 bits per heavy atom. The molecular weight excluding hydrogens is 195 g/mol. The first kappa shape index (κ1) is 10.9. The number of hydrogen-bond acceptors (Lipinski definition) is 4. The third kappa shape index (κ3) is 1.25. The molecule has 0 saturated carbocycles. The Labute approximate surface area is 79.3 Å². The van der Waals surface area contributed by atoms with Gasteiger partial charge in [-0.05, 0) is 13.8 Å². The number of carboxylic acid groups (broad SMARTS) is 1. The molecule has 1 aliphatic heterocycles. The van der Waals surface area contributed by atoms with Crippen molar-refractivity contribution in [2.75, 3.05) is 0 Å². The highest BCUT2D eigenvalue weighted by Crippen LogP contribution is 2.28. The summed E-state index contributed by atoms with van der Waals surface area (Å²) in [6.45, 7) is 2.64. The number of nitrogens with one attached hydrogen (secondary N) is 2. The maximum absolute atomic E-state index is 12.6. The van der Waals surface area contributed by atoms with E-state index in [4.69, 9.17) is 5.11 Å². The molecule has 1 heterocycles. The molecule has 3 N–H and O–H groups in total. The van der Waals surface area contributed by atoms with E-state index in [1.54, 1.807) is 0 Å². The summed E-state index contributed by atoms with van der Waals surface area (Å²) in [5.74, 6) is -3.32. The standard InChI is InChI=1S/C7H11FN2O4/c1-3(5(11)12)7(10-8)4(2)14-9-6(7)13/h3-4,10H,1-2H3,(H,9,13)(H,11,12). The highest BCUT2D eigenvalue weighted by molar-refractivity contribution is 5.92. The third-order valence-electron chi connectivity index (χ3n) is 2.56. The average Bonchev–Trinajstić information content (AvgIpc) is 2.42. The van der Waals surface area contributed by atoms with Crippen LogP contribution in [0.4, 0.5) is 4.48 Å². The molecule has 3 atom stereocenters. The molecule has 1 amide bonds. The van der Waals surface area contributed by atoms with Crippen LogP contribution in [0.3, 0.4) is 0 Å². The Morgan fingerprint density at radius 3 is 2.71 bits per heavy atom. The molecule has 0 aromatic heterocycles. The van der Waals surface area contributed by atoms with Gasteiger partial charge in [-0.1, -0.05) is 0 Å². The normalized spacial score (nSPS) is 33.9. The third-order valence-corrected chi connectivity index (χ3v) is 2.56. The van der Waals surface area contributed by atoms with Gasteiger partial charge in [0, 0.05) is 0 Å². The zero-order chi connectivity index (χ0) is 10.9. The molecule has 14 heavy (non-hydrogen) atoms. The largest absolute Gasteiger partial charge is 0.481 e. The molecule has 6 nitrogen and oxygen atoms in total. The van der Waals surface area contributed by atoms with Crippen molar-refractivity contribution >= 4 is 11.9 Å². The van der Waals surface area contributed by atoms with Crippen molar-refractivity contribution < 1.29 is 24.0 Å². The summed E-state index contributed by atoms with van der Waals surface area (Å²) in [5.41, 5.74) is 1.33. The molecule has 0 radical (unpaired) electrons. The van der Waals surface area contributed by atoms with Gasteiger partial charge in [0.25, 0.3) is 5.91 Å². The first-order valence-corrected chi connectivity index (χ1v) is 4.03. The molecule has 1 aliphatic rings. The summed E-state index contributed by atoms with van der Waals surface area (Å²) >= 11 is 0. The number of carbonyl (C=O) groups is 2. The summed E-state index contributed by atoms with van der Waals surface area (Å²) in [7, 11) is 0. The second-order valence-corrected chi connectivity index (χ2v) is 3.21. The van der Waals surface area contributed by atoms with Crippen molar-refractivity contribution in [1.82, 2.24) is 11.0 Å². The molecule has 1 rings (SSSR count). The molecule has 3 unspecified atom stereocenters. The van der Waals surface area contributed by atoms with E-state index in [9.17, 15) is 14.1 Å². The van der Waals surface area contributed by atoms with Crippen LogP contribution >= 0.6 is 0 Å². The minimum Gasteiger partial charge on any atom is -0.481 e. The highest BCUT2D eigenvalue weighted by Gasteiger charge is 2.57. The van der Waals surface area contributed by atoms with Gasteiger partial charge >= 0.3 is 5.97 Å². The van der Waals surface area contributed by atoms with Gasteiger partial charge in [-0.2, -0.15) is 0 Å². The molecule has 1 fully saturated rings. The predicted molar refractivity (Wildman–Crippen MR) is 42.5 cm³/mol. The van der Waals surface area contributed by atoms with Gasteiger partial charge in [-0.3, -0.25) is 14.4 Å². The van der Waals surface area contributed by atoms with Crippen LogP contribution in [-0.2, 0) is 14.4 Å². The summed E-state index contributed by atoms with van der Waals surface area (Å²) in [5, 5.41) is 8.73. The lowest BCUT2D eigenvalue weighted by Gasteiger charge is -2.28. The smallest absolute Gasteiger partial charge is 0.308 e. The minimum atomic E-state index is -1.86. The van der Waals surface area contributed by atoms with Crippen molar-refractivity contribution in [3.63, 3.8) is 0 Å². The van der Waals surface area contributed by atoms with Gasteiger partial charge < -0.3 is 5.11 Å². The van der Waals surface area contributed by atoms with Gasteiger partial charge in [0.1, 0.15) is 6.10 Å². The first-order valence-electron chi connectivity index (χ1n) is 4.03. The Kier molecular flexibility index (Phi) is 2.72. The van der Waals surface area contributed by atoms with E-state index in [2.05, 4.69) is 4.84 Å². The van der Waals surface area contributed by atoms with Crippen LogP contribution < -0.4 is 11.0 Å². The monoisotopic (exact) mass is 206 g/mol. The number of rotatable bonds is 3. The van der Waals surface area contributed by atoms with Gasteiger partial charge in [-0.15, -0.1) is 10.0 Å². The Balaban J connectivity index is 3.06. The zero-order valence-corrected chi connectivity index (χ0v) is 7.70. The van der Waals surface area contributed by atoms with E-state index in [1.807, 2.05) is 5.48 Å². The summed E-state index contributed by atoms with van der Waals surface area (Å²) in [6.07, 6.45) is -0.897. The zero-order valence-electron chi connectivity index (χ0n) is 7.70. The van der Waals surface area contributed by atoms with Gasteiger partial charge in [0.15, 0.2) is 5.54 Å². The van der Waals surface area contributed by atoms with Crippen LogP contribution in [0, 0.1) is 5.92 Å². The first-order chi connectivity index (χ1) is 6.46. The molecular formula is C7H11FN2O4. The fourth-order valence-electron chi connectivity index (χ4n) is 1.45. The van der Waals surface area contributed by atoms with Gasteiger partial charge in [0.2, 0.25) is 0 Å². The number of aliphatic carboxylic acids is 1. The lowest BCUT2D eigenvalue weighted by Crippen LogP contribution is -2.60. The van der Waals surface area contributed by atoms with E-state index in [-0.39, 0.29) is 0 Å². The fraction of sp³-hybridized carbons (Fsp3) is 0.714. The number of hydrogen-bond donors (Lipinski definition) is 3. The number of carboxylic acids is 1. The molecule has 0 bridgehead atoms. The molecule has 0 aromatic carbocycles.